The van der Waals surface area contributed by atoms with Crippen LogP contribution in [0.2, 0.25) is 0 Å². The van der Waals surface area contributed by atoms with Gasteiger partial charge in [0.1, 0.15) is 13.2 Å². The second kappa shape index (κ2) is 52.5. The van der Waals surface area contributed by atoms with Gasteiger partial charge in [0.2, 0.25) is 0 Å². The van der Waals surface area contributed by atoms with Crippen LogP contribution in [0.5, 0.6) is 0 Å². The van der Waals surface area contributed by atoms with E-state index in [1.807, 2.05) is 21.1 Å². The molecule has 0 fully saturated rings. The molecular weight excluding hydrogens is 899 g/mol. The second-order valence-electron chi connectivity index (χ2n) is 18.8. The number of aliphatic carboxylic acids is 1. The third-order valence-electron chi connectivity index (χ3n) is 10.9. The highest BCUT2D eigenvalue weighted by atomic mass is 16.7. The molecule has 2 atom stereocenters. The molecule has 2 unspecified atom stereocenters. The van der Waals surface area contributed by atoms with Crippen molar-refractivity contribution in [2.24, 2.45) is 0 Å². The molecule has 0 heterocycles. The topological polar surface area (TPSA) is 111 Å². The second-order valence-corrected chi connectivity index (χ2v) is 18.8. The summed E-state index contributed by atoms with van der Waals surface area (Å²) in [6.07, 6.45) is 73.6. The van der Waals surface area contributed by atoms with Crippen molar-refractivity contribution in [3.8, 4) is 0 Å². The number of carbonyl (C=O) groups is 3. The van der Waals surface area contributed by atoms with E-state index in [1.54, 1.807) is 0 Å². The Labute approximate surface area is 439 Å². The van der Waals surface area contributed by atoms with Gasteiger partial charge in [0.25, 0.3) is 0 Å². The summed E-state index contributed by atoms with van der Waals surface area (Å²) in [6.45, 7) is 4.50. The summed E-state index contributed by atoms with van der Waals surface area (Å²) < 4.78 is 22.5. The summed E-state index contributed by atoms with van der Waals surface area (Å²) in [4.78, 5) is 36.9. The van der Waals surface area contributed by atoms with Gasteiger partial charge in [0.15, 0.2) is 12.4 Å². The first-order chi connectivity index (χ1) is 35.1. The highest BCUT2D eigenvalue weighted by Crippen LogP contribution is 2.12. The van der Waals surface area contributed by atoms with E-state index in [0.29, 0.717) is 17.4 Å². The quantitative estimate of drug-likeness (QED) is 0.0195. The molecule has 0 bridgehead atoms. The molecule has 0 spiro atoms. The SMILES string of the molecule is CC/C=C\C/C=C\C/C=C\C/C=C\C/C=C\C/C=C\C/C=C\C/C=C\C/C=C\C/C=C\C/C=C\C/C=C\CCCCC(=O)OC(COC(=O)CCCCCCCCCC)COC(OCC[N+](C)(C)C)C(=O)[O-]. The zero-order valence-corrected chi connectivity index (χ0v) is 45.7. The van der Waals surface area contributed by atoms with Crippen molar-refractivity contribution in [1.82, 2.24) is 0 Å². The summed E-state index contributed by atoms with van der Waals surface area (Å²) in [6, 6.07) is 0. The number of hydrogen-bond acceptors (Lipinski definition) is 8. The average molecular weight is 998 g/mol. The van der Waals surface area contributed by atoms with Crippen LogP contribution in [-0.4, -0.2) is 82.3 Å². The minimum Gasteiger partial charge on any atom is -0.545 e. The van der Waals surface area contributed by atoms with Crippen molar-refractivity contribution in [2.45, 2.75) is 187 Å². The predicted octanol–water partition coefficient (Wildman–Crippen LogP) is 14.7. The zero-order valence-electron chi connectivity index (χ0n) is 45.7. The van der Waals surface area contributed by atoms with Gasteiger partial charge in [0.05, 0.1) is 40.3 Å². The first-order valence-electron chi connectivity index (χ1n) is 27.5. The Morgan fingerprint density at radius 1 is 0.431 bits per heavy atom. The van der Waals surface area contributed by atoms with Gasteiger partial charge in [0, 0.05) is 12.8 Å². The number of unbranched alkanes of at least 4 members (excludes halogenated alkanes) is 9. The van der Waals surface area contributed by atoms with E-state index in [9.17, 15) is 19.5 Å². The first kappa shape index (κ1) is 67.2. The fraction of sp³-hybridized carbons (Fsp3) is 0.571. The van der Waals surface area contributed by atoms with Gasteiger partial charge in [-0.2, -0.15) is 0 Å². The molecule has 0 rings (SSSR count). The smallest absolute Gasteiger partial charge is 0.306 e. The molecule has 0 amide bonds. The van der Waals surface area contributed by atoms with Gasteiger partial charge in [-0.15, -0.1) is 0 Å². The van der Waals surface area contributed by atoms with Crippen LogP contribution < -0.4 is 5.11 Å². The normalized spacial score (nSPS) is 14.0. The van der Waals surface area contributed by atoms with Crippen molar-refractivity contribution in [2.75, 3.05) is 47.5 Å². The van der Waals surface area contributed by atoms with E-state index >= 15 is 0 Å². The van der Waals surface area contributed by atoms with Crippen molar-refractivity contribution in [1.29, 1.82) is 0 Å². The van der Waals surface area contributed by atoms with E-state index < -0.39 is 24.3 Å². The lowest BCUT2D eigenvalue weighted by molar-refractivity contribution is -0.870. The van der Waals surface area contributed by atoms with Gasteiger partial charge in [-0.1, -0.05) is 205 Å². The average Bonchev–Trinajstić information content (AvgIpc) is 3.35. The highest BCUT2D eigenvalue weighted by molar-refractivity contribution is 5.70. The van der Waals surface area contributed by atoms with E-state index in [1.165, 1.54) is 32.1 Å². The Balaban J connectivity index is 4.24. The van der Waals surface area contributed by atoms with Gasteiger partial charge in [-0.3, -0.25) is 9.59 Å². The molecule has 0 saturated carbocycles. The summed E-state index contributed by atoms with van der Waals surface area (Å²) >= 11 is 0. The number of carboxylic acids is 1. The molecule has 9 heteroatoms. The molecule has 9 nitrogen and oxygen atoms in total. The van der Waals surface area contributed by atoms with Crippen LogP contribution in [-0.2, 0) is 33.3 Å². The fourth-order valence-corrected chi connectivity index (χ4v) is 6.63. The largest absolute Gasteiger partial charge is 0.545 e. The van der Waals surface area contributed by atoms with E-state index in [-0.39, 0.29) is 38.6 Å². The van der Waals surface area contributed by atoms with E-state index in [4.69, 9.17) is 18.9 Å². The third-order valence-corrected chi connectivity index (χ3v) is 10.9. The maximum atomic E-state index is 12.8. The van der Waals surface area contributed by atoms with Crippen molar-refractivity contribution in [3.63, 3.8) is 0 Å². The van der Waals surface area contributed by atoms with E-state index in [0.717, 1.165) is 109 Å². The molecule has 0 aliphatic heterocycles. The molecule has 0 aromatic carbocycles. The molecule has 0 aliphatic carbocycles. The standard InChI is InChI=1S/C63H99NO8/c1-6-8-10-12-14-16-17-18-19-20-21-22-23-24-25-26-27-28-29-30-31-32-33-34-35-36-37-38-39-40-41-42-43-44-45-46-48-50-52-54-61(66)72-59(58-71-63(62(67)68)69-56-55-64(3,4)5)57-70-60(65)53-51-49-47-15-13-11-9-7-2/h8,10,14,16,18-19,21-22,24-25,27-28,30-31,33-34,36-37,39-40,42-43,45-46,59,63H,6-7,9,11-13,15,17,20,23,26,29,32,35,38,41,44,47-58H2,1-5H3/b10-8-,16-14-,19-18-,22-21-,25-24-,28-27-,31-30-,34-33-,37-36-,40-39-,43-42-,46-45-. The minimum atomic E-state index is -1.64. The molecular formula is C63H99NO8. The van der Waals surface area contributed by atoms with Gasteiger partial charge >= 0.3 is 11.9 Å². The molecule has 0 N–H and O–H groups in total. The molecule has 0 radical (unpaired) electrons. The van der Waals surface area contributed by atoms with Crippen molar-refractivity contribution < 1.29 is 42.9 Å². The van der Waals surface area contributed by atoms with Crippen LogP contribution in [0, 0.1) is 0 Å². The molecule has 404 valence electrons. The highest BCUT2D eigenvalue weighted by Gasteiger charge is 2.21. The number of carbonyl (C=O) groups excluding carboxylic acids is 3. The number of carboxylic acid groups (broad SMARTS) is 1. The monoisotopic (exact) mass is 998 g/mol. The van der Waals surface area contributed by atoms with Crippen LogP contribution in [0.1, 0.15) is 174 Å². The summed E-state index contributed by atoms with van der Waals surface area (Å²) in [7, 11) is 5.88. The Hall–Kier alpha value is -4.83. The third kappa shape index (κ3) is 53.0. The number of nitrogens with zero attached hydrogens (tertiary/aromatic N) is 1. The molecule has 72 heavy (non-hydrogen) atoms. The first-order valence-corrected chi connectivity index (χ1v) is 27.5. The van der Waals surface area contributed by atoms with Gasteiger partial charge < -0.3 is 33.3 Å². The Morgan fingerprint density at radius 3 is 1.18 bits per heavy atom. The fourth-order valence-electron chi connectivity index (χ4n) is 6.63. The molecule has 0 aliphatic rings. The van der Waals surface area contributed by atoms with Gasteiger partial charge in [-0.25, -0.2) is 0 Å². The van der Waals surface area contributed by atoms with Crippen LogP contribution >= 0.6 is 0 Å². The number of allylic oxidation sites excluding steroid dienone is 24. The van der Waals surface area contributed by atoms with Crippen LogP contribution in [0.3, 0.4) is 0 Å². The van der Waals surface area contributed by atoms with Crippen molar-refractivity contribution in [3.05, 3.63) is 146 Å². The maximum absolute atomic E-state index is 12.8. The minimum absolute atomic E-state index is 0.132. The molecule has 0 aromatic rings. The number of quaternary nitrogens is 1. The zero-order chi connectivity index (χ0) is 52.7. The Bertz CT molecular complexity index is 1680. The number of hydrogen-bond donors (Lipinski definition) is 0. The lowest BCUT2D eigenvalue weighted by atomic mass is 10.1. The summed E-state index contributed by atoms with van der Waals surface area (Å²) in [5.74, 6) is -2.37. The Kier molecular flexibility index (Phi) is 49.0. The number of esters is 2. The Morgan fingerprint density at radius 2 is 0.792 bits per heavy atom. The van der Waals surface area contributed by atoms with Gasteiger partial charge in [-0.05, 0) is 103 Å². The lowest BCUT2D eigenvalue weighted by Gasteiger charge is -2.26. The van der Waals surface area contributed by atoms with Crippen LogP contribution in [0.25, 0.3) is 0 Å². The van der Waals surface area contributed by atoms with E-state index in [2.05, 4.69) is 160 Å². The predicted molar refractivity (Wildman–Crippen MR) is 301 cm³/mol. The number of rotatable bonds is 48. The van der Waals surface area contributed by atoms with Crippen LogP contribution in [0.4, 0.5) is 0 Å². The molecule has 0 saturated heterocycles. The molecule has 0 aromatic heterocycles. The van der Waals surface area contributed by atoms with Crippen LogP contribution in [0.15, 0.2) is 146 Å². The summed E-state index contributed by atoms with van der Waals surface area (Å²) in [5, 5.41) is 11.7. The summed E-state index contributed by atoms with van der Waals surface area (Å²) in [5.41, 5.74) is 0. The number of ether oxygens (including phenoxy) is 4. The lowest BCUT2D eigenvalue weighted by Crippen LogP contribution is -2.44. The van der Waals surface area contributed by atoms with Crippen molar-refractivity contribution >= 4 is 17.9 Å². The maximum Gasteiger partial charge on any atom is 0.306 e. The number of likely N-dealkylation sites (N-methyl/N-ethyl adjacent to an activating group) is 1.